The predicted octanol–water partition coefficient (Wildman–Crippen LogP) is 2.00. The van der Waals surface area contributed by atoms with Crippen molar-refractivity contribution in [1.29, 1.82) is 5.26 Å². The van der Waals surface area contributed by atoms with Crippen LogP contribution in [-0.4, -0.2) is 22.6 Å². The Kier molecular flexibility index (Phi) is 2.81. The molecule has 2 aliphatic heterocycles. The second kappa shape index (κ2) is 4.84. The molecule has 2 aromatic rings. The minimum Gasteiger partial charge on any atom is -0.461 e. The van der Waals surface area contributed by atoms with Gasteiger partial charge in [0.25, 0.3) is 11.7 Å². The lowest BCUT2D eigenvalue weighted by molar-refractivity contribution is -0.802. The summed E-state index contributed by atoms with van der Waals surface area (Å²) in [4.78, 5) is 8.74. The van der Waals surface area contributed by atoms with E-state index in [1.165, 1.54) is 0 Å². The summed E-state index contributed by atoms with van der Waals surface area (Å²) in [7, 11) is 0. The van der Waals surface area contributed by atoms with E-state index < -0.39 is 0 Å². The maximum Gasteiger partial charge on any atom is 0.300 e. The van der Waals surface area contributed by atoms with Crippen LogP contribution >= 0.6 is 0 Å². The van der Waals surface area contributed by atoms with E-state index in [4.69, 9.17) is 15.5 Å². The molecular formula is C16H11N6O+. The number of benzene rings is 1. The highest BCUT2D eigenvalue weighted by Gasteiger charge is 2.40. The first-order valence-corrected chi connectivity index (χ1v) is 6.86. The first-order valence-electron chi connectivity index (χ1n) is 6.86. The van der Waals surface area contributed by atoms with Gasteiger partial charge in [-0.2, -0.15) is 10.3 Å². The Labute approximate surface area is 131 Å². The van der Waals surface area contributed by atoms with Crippen molar-refractivity contribution in [3.63, 3.8) is 0 Å². The highest BCUT2D eigenvalue weighted by atomic mass is 16.3. The maximum atomic E-state index is 9.01. The third kappa shape index (κ3) is 2.19. The molecule has 2 aliphatic rings. The van der Waals surface area contributed by atoms with Crippen molar-refractivity contribution < 1.29 is 9.12 Å². The van der Waals surface area contributed by atoms with Crippen LogP contribution in [0, 0.1) is 11.3 Å². The normalized spacial score (nSPS) is 22.0. The number of furan rings is 1. The maximum absolute atomic E-state index is 9.01. The van der Waals surface area contributed by atoms with E-state index in [1.54, 1.807) is 49.0 Å². The standard InChI is InChI=1S/C16H11N6O/c17-8-11-3-1-4-12(7-11)13-10-22(18)15(9-19-13)20-16(21-22)14-5-2-6-23-14/h1-7,9-10H,18H2/q+1. The van der Waals surface area contributed by atoms with E-state index in [0.717, 1.165) is 5.56 Å². The van der Waals surface area contributed by atoms with Gasteiger partial charge in [-0.3, -0.25) is 0 Å². The van der Waals surface area contributed by atoms with Crippen LogP contribution in [0.5, 0.6) is 0 Å². The second-order valence-electron chi connectivity index (χ2n) is 5.07. The first kappa shape index (κ1) is 13.3. The SMILES string of the molecule is N#Cc1cccc(C2=C[N+]3(N)N=C(c4ccco4)N=C3C=N2)c1. The third-order valence-electron chi connectivity index (χ3n) is 3.51. The minimum atomic E-state index is -0.328. The Hall–Kier alpha value is -3.34. The molecule has 1 aromatic heterocycles. The molecular weight excluding hydrogens is 292 g/mol. The number of nitrogens with zero attached hydrogens (tertiary/aromatic N) is 5. The number of nitriles is 1. The number of amidine groups is 2. The van der Waals surface area contributed by atoms with Crippen LogP contribution in [0.2, 0.25) is 0 Å². The van der Waals surface area contributed by atoms with Gasteiger partial charge in [-0.1, -0.05) is 12.1 Å². The number of hydrogen-bond acceptors (Lipinski definition) is 6. The Morgan fingerprint density at radius 3 is 2.91 bits per heavy atom. The molecule has 2 N–H and O–H groups in total. The van der Waals surface area contributed by atoms with Gasteiger partial charge in [-0.15, -0.1) is 5.84 Å². The smallest absolute Gasteiger partial charge is 0.300 e. The van der Waals surface area contributed by atoms with Crippen molar-refractivity contribution >= 4 is 23.6 Å². The number of quaternary nitrogens is 1. The van der Waals surface area contributed by atoms with Crippen LogP contribution < -0.4 is 5.84 Å². The predicted molar refractivity (Wildman–Crippen MR) is 84.8 cm³/mol. The molecule has 1 aromatic carbocycles. The summed E-state index contributed by atoms with van der Waals surface area (Å²) in [6.07, 6.45) is 4.82. The lowest BCUT2D eigenvalue weighted by atomic mass is 10.1. The zero-order chi connectivity index (χ0) is 15.9. The van der Waals surface area contributed by atoms with E-state index in [0.29, 0.717) is 28.7 Å². The number of nitrogens with two attached hydrogens (primary N) is 1. The van der Waals surface area contributed by atoms with Crippen molar-refractivity contribution in [3.8, 4) is 6.07 Å². The van der Waals surface area contributed by atoms with E-state index in [2.05, 4.69) is 21.2 Å². The highest BCUT2D eigenvalue weighted by Crippen LogP contribution is 2.26. The average molecular weight is 303 g/mol. The van der Waals surface area contributed by atoms with Gasteiger partial charge in [0.2, 0.25) is 0 Å². The van der Waals surface area contributed by atoms with Crippen LogP contribution in [0.3, 0.4) is 0 Å². The molecule has 0 aliphatic carbocycles. The summed E-state index contributed by atoms with van der Waals surface area (Å²) in [6, 6.07) is 12.8. The van der Waals surface area contributed by atoms with E-state index in [9.17, 15) is 0 Å². The summed E-state index contributed by atoms with van der Waals surface area (Å²) in [6.45, 7) is 0. The Balaban J connectivity index is 1.76. The molecule has 0 amide bonds. The highest BCUT2D eigenvalue weighted by molar-refractivity contribution is 6.32. The Bertz CT molecular complexity index is 945. The summed E-state index contributed by atoms with van der Waals surface area (Å²) >= 11 is 0. The lowest BCUT2D eigenvalue weighted by Gasteiger charge is -2.19. The topological polar surface area (TPSA) is 100 Å². The van der Waals surface area contributed by atoms with Gasteiger partial charge in [-0.25, -0.2) is 4.99 Å². The Morgan fingerprint density at radius 2 is 2.13 bits per heavy atom. The molecule has 0 bridgehead atoms. The van der Waals surface area contributed by atoms with E-state index in [-0.39, 0.29) is 4.70 Å². The van der Waals surface area contributed by atoms with Gasteiger partial charge in [0.1, 0.15) is 11.9 Å². The molecule has 0 saturated heterocycles. The molecule has 7 nitrogen and oxygen atoms in total. The molecule has 0 radical (unpaired) electrons. The monoisotopic (exact) mass is 303 g/mol. The molecule has 1 atom stereocenters. The summed E-state index contributed by atoms with van der Waals surface area (Å²) in [5.41, 5.74) is 1.99. The van der Waals surface area contributed by atoms with Crippen molar-refractivity contribution in [2.24, 2.45) is 20.9 Å². The molecule has 1 unspecified atom stereocenters. The fourth-order valence-electron chi connectivity index (χ4n) is 2.39. The van der Waals surface area contributed by atoms with Gasteiger partial charge in [0.15, 0.2) is 12.0 Å². The molecule has 23 heavy (non-hydrogen) atoms. The number of aliphatic imine (C=N–C) groups is 2. The van der Waals surface area contributed by atoms with Gasteiger partial charge in [0.05, 0.1) is 17.9 Å². The minimum absolute atomic E-state index is 0.328. The molecule has 0 spiro atoms. The lowest BCUT2D eigenvalue weighted by Crippen LogP contribution is -2.50. The largest absolute Gasteiger partial charge is 0.461 e. The van der Waals surface area contributed by atoms with Crippen molar-refractivity contribution in [2.45, 2.75) is 0 Å². The molecule has 3 heterocycles. The Morgan fingerprint density at radius 1 is 1.22 bits per heavy atom. The quantitative estimate of drug-likeness (QED) is 0.678. The van der Waals surface area contributed by atoms with Crippen LogP contribution in [-0.2, 0) is 0 Å². The number of rotatable bonds is 2. The van der Waals surface area contributed by atoms with Crippen molar-refractivity contribution in [3.05, 3.63) is 65.7 Å². The first-order chi connectivity index (χ1) is 11.2. The van der Waals surface area contributed by atoms with Gasteiger partial charge < -0.3 is 4.42 Å². The molecule has 0 saturated carbocycles. The van der Waals surface area contributed by atoms with E-state index in [1.807, 2.05) is 6.07 Å². The zero-order valence-electron chi connectivity index (χ0n) is 11.9. The van der Waals surface area contributed by atoms with Gasteiger partial charge in [-0.05, 0) is 34.1 Å². The zero-order valence-corrected chi connectivity index (χ0v) is 11.9. The summed E-state index contributed by atoms with van der Waals surface area (Å²) < 4.78 is 4.98. The van der Waals surface area contributed by atoms with Crippen molar-refractivity contribution in [1.82, 2.24) is 0 Å². The van der Waals surface area contributed by atoms with Gasteiger partial charge >= 0.3 is 0 Å². The number of hydrogen-bond donors (Lipinski definition) is 1. The van der Waals surface area contributed by atoms with Crippen molar-refractivity contribution in [2.75, 3.05) is 0 Å². The fraction of sp³-hybridized carbons (Fsp3) is 0. The fourth-order valence-corrected chi connectivity index (χ4v) is 2.39. The molecule has 4 rings (SSSR count). The number of fused-ring (bicyclic) bond motifs is 1. The third-order valence-corrected chi connectivity index (χ3v) is 3.51. The summed E-state index contributed by atoms with van der Waals surface area (Å²) in [5.74, 6) is 7.77. The average Bonchev–Trinajstić information content (AvgIpc) is 3.20. The van der Waals surface area contributed by atoms with Crippen LogP contribution in [0.15, 0.2) is 68.4 Å². The van der Waals surface area contributed by atoms with Gasteiger partial charge in [0, 0.05) is 5.56 Å². The van der Waals surface area contributed by atoms with Crippen LogP contribution in [0.25, 0.3) is 5.70 Å². The van der Waals surface area contributed by atoms with Crippen LogP contribution in [0.1, 0.15) is 16.9 Å². The van der Waals surface area contributed by atoms with E-state index >= 15 is 0 Å². The molecule has 7 heteroatoms. The second-order valence-corrected chi connectivity index (χ2v) is 5.07. The van der Waals surface area contributed by atoms with Crippen LogP contribution in [0.4, 0.5) is 0 Å². The molecule has 0 fully saturated rings. The summed E-state index contributed by atoms with van der Waals surface area (Å²) in [5, 5.41) is 13.4. The molecule has 110 valence electrons.